The fourth-order valence-corrected chi connectivity index (χ4v) is 4.71. The molecule has 0 aromatic heterocycles. The van der Waals surface area contributed by atoms with Crippen molar-refractivity contribution in [2.45, 2.75) is 69.4 Å². The quantitative estimate of drug-likeness (QED) is 0.620. The summed E-state index contributed by atoms with van der Waals surface area (Å²) in [5, 5.41) is 3.08. The highest BCUT2D eigenvalue weighted by Gasteiger charge is 2.61. The summed E-state index contributed by atoms with van der Waals surface area (Å²) < 4.78 is 16.3. The summed E-state index contributed by atoms with van der Waals surface area (Å²) in [6.45, 7) is 4.85. The molecular formula is C18H27NO5. The van der Waals surface area contributed by atoms with Crippen LogP contribution in [0.3, 0.4) is 0 Å². The first-order valence-electron chi connectivity index (χ1n) is 9.06. The molecule has 2 saturated carbocycles. The van der Waals surface area contributed by atoms with E-state index in [0.29, 0.717) is 31.4 Å². The van der Waals surface area contributed by atoms with E-state index in [1.165, 1.54) is 7.11 Å². The van der Waals surface area contributed by atoms with Crippen molar-refractivity contribution in [2.75, 3.05) is 13.7 Å². The Balaban J connectivity index is 1.33. The van der Waals surface area contributed by atoms with Crippen LogP contribution >= 0.6 is 0 Å². The van der Waals surface area contributed by atoms with Gasteiger partial charge < -0.3 is 19.5 Å². The van der Waals surface area contributed by atoms with Crippen LogP contribution in [-0.2, 0) is 23.8 Å². The van der Waals surface area contributed by atoms with Gasteiger partial charge in [0.2, 0.25) is 5.91 Å². The van der Waals surface area contributed by atoms with Crippen molar-refractivity contribution in [1.29, 1.82) is 0 Å². The maximum Gasteiger partial charge on any atom is 0.309 e. The van der Waals surface area contributed by atoms with Crippen molar-refractivity contribution in [3.05, 3.63) is 0 Å². The zero-order valence-electron chi connectivity index (χ0n) is 14.7. The van der Waals surface area contributed by atoms with Crippen LogP contribution in [-0.4, -0.2) is 48.9 Å². The Bertz CT molecular complexity index is 566. The van der Waals surface area contributed by atoms with Crippen molar-refractivity contribution in [1.82, 2.24) is 5.32 Å². The van der Waals surface area contributed by atoms with Crippen LogP contribution in [0.1, 0.15) is 46.0 Å². The Hall–Kier alpha value is -1.14. The van der Waals surface area contributed by atoms with E-state index in [0.717, 1.165) is 19.3 Å². The summed E-state index contributed by atoms with van der Waals surface area (Å²) in [7, 11) is 1.38. The third kappa shape index (κ3) is 2.73. The smallest absolute Gasteiger partial charge is 0.309 e. The van der Waals surface area contributed by atoms with Crippen molar-refractivity contribution < 1.29 is 23.8 Å². The van der Waals surface area contributed by atoms with Crippen LogP contribution in [0.15, 0.2) is 0 Å². The van der Waals surface area contributed by atoms with Crippen molar-refractivity contribution in [3.63, 3.8) is 0 Å². The average molecular weight is 337 g/mol. The number of epoxide rings is 2. The fraction of sp³-hybridized carbons (Fsp3) is 0.889. The zero-order chi connectivity index (χ0) is 17.1. The number of nitrogens with one attached hydrogen (secondary N) is 1. The SMILES string of the molecule is COC(=O)C1CC2(C)OC2CC1C(=O)NCC1CCC2(C)OC2C1. The third-order valence-corrected chi connectivity index (χ3v) is 6.65. The van der Waals surface area contributed by atoms with Crippen LogP contribution in [0.5, 0.6) is 0 Å². The Morgan fingerprint density at radius 3 is 2.54 bits per heavy atom. The fourth-order valence-electron chi connectivity index (χ4n) is 4.71. The molecule has 7 atom stereocenters. The number of methoxy groups -OCH3 is 1. The standard InChI is InChI=1S/C18H27NO5/c1-17-5-4-10(6-13(17)23-17)9-19-15(20)11-7-14-18(2,24-14)8-12(11)16(21)22-3/h10-14H,4-9H2,1-3H3,(H,19,20). The van der Waals surface area contributed by atoms with Crippen LogP contribution in [0.25, 0.3) is 0 Å². The molecule has 0 spiro atoms. The van der Waals surface area contributed by atoms with Gasteiger partial charge in [0.25, 0.3) is 0 Å². The van der Waals surface area contributed by atoms with Gasteiger partial charge in [-0.1, -0.05) is 0 Å². The van der Waals surface area contributed by atoms with Gasteiger partial charge in [-0.15, -0.1) is 0 Å². The van der Waals surface area contributed by atoms with E-state index in [4.69, 9.17) is 14.2 Å². The van der Waals surface area contributed by atoms with Gasteiger partial charge in [-0.3, -0.25) is 9.59 Å². The largest absolute Gasteiger partial charge is 0.469 e. The van der Waals surface area contributed by atoms with E-state index >= 15 is 0 Å². The molecule has 7 unspecified atom stereocenters. The minimum absolute atomic E-state index is 0.0343. The van der Waals surface area contributed by atoms with Gasteiger partial charge in [0, 0.05) is 6.54 Å². The van der Waals surface area contributed by atoms with Crippen LogP contribution in [0.2, 0.25) is 0 Å². The van der Waals surface area contributed by atoms with Gasteiger partial charge in [-0.25, -0.2) is 0 Å². The maximum atomic E-state index is 12.7. The second-order valence-electron chi connectivity index (χ2n) is 8.40. The molecular weight excluding hydrogens is 310 g/mol. The Labute approximate surface area is 142 Å². The first-order chi connectivity index (χ1) is 11.3. The number of fused-ring (bicyclic) bond motifs is 2. The maximum absolute atomic E-state index is 12.7. The summed E-state index contributed by atoms with van der Waals surface area (Å²) in [6.07, 6.45) is 4.82. The molecule has 0 aromatic rings. The number of esters is 1. The Morgan fingerprint density at radius 1 is 1.12 bits per heavy atom. The number of ether oxygens (including phenoxy) is 3. The number of rotatable bonds is 4. The number of hydrogen-bond acceptors (Lipinski definition) is 5. The molecule has 4 fully saturated rings. The molecule has 4 aliphatic rings. The van der Waals surface area contributed by atoms with E-state index in [1.54, 1.807) is 0 Å². The van der Waals surface area contributed by atoms with E-state index in [1.807, 2.05) is 6.92 Å². The number of carbonyl (C=O) groups is 2. The van der Waals surface area contributed by atoms with Crippen LogP contribution in [0, 0.1) is 17.8 Å². The zero-order valence-corrected chi connectivity index (χ0v) is 14.7. The molecule has 0 aromatic carbocycles. The molecule has 0 bridgehead atoms. The number of hydrogen-bond donors (Lipinski definition) is 1. The van der Waals surface area contributed by atoms with Crippen molar-refractivity contribution >= 4 is 11.9 Å². The minimum atomic E-state index is -0.403. The molecule has 1 N–H and O–H groups in total. The predicted molar refractivity (Wildman–Crippen MR) is 85.1 cm³/mol. The highest BCUT2D eigenvalue weighted by atomic mass is 16.6. The molecule has 6 heteroatoms. The number of carbonyl (C=O) groups excluding carboxylic acids is 2. The highest BCUT2D eigenvalue weighted by molar-refractivity contribution is 5.86. The highest BCUT2D eigenvalue weighted by Crippen LogP contribution is 2.52. The summed E-state index contributed by atoms with van der Waals surface area (Å²) >= 11 is 0. The van der Waals surface area contributed by atoms with Gasteiger partial charge in [0.1, 0.15) is 0 Å². The molecule has 134 valence electrons. The molecule has 1 amide bonds. The molecule has 2 heterocycles. The van der Waals surface area contributed by atoms with E-state index in [-0.39, 0.29) is 35.1 Å². The molecule has 2 aliphatic heterocycles. The first-order valence-corrected chi connectivity index (χ1v) is 9.06. The molecule has 2 saturated heterocycles. The molecule has 6 nitrogen and oxygen atoms in total. The molecule has 24 heavy (non-hydrogen) atoms. The lowest BCUT2D eigenvalue weighted by Gasteiger charge is -2.30. The van der Waals surface area contributed by atoms with E-state index in [9.17, 15) is 9.59 Å². The van der Waals surface area contributed by atoms with Gasteiger partial charge in [-0.2, -0.15) is 0 Å². The first kappa shape index (κ1) is 16.3. The minimum Gasteiger partial charge on any atom is -0.469 e. The summed E-state index contributed by atoms with van der Waals surface area (Å²) in [5.41, 5.74) is -0.138. The second-order valence-corrected chi connectivity index (χ2v) is 8.40. The van der Waals surface area contributed by atoms with E-state index < -0.39 is 5.92 Å². The van der Waals surface area contributed by atoms with Crippen molar-refractivity contribution in [3.8, 4) is 0 Å². The predicted octanol–water partition coefficient (Wildman–Crippen LogP) is 1.42. The Kier molecular flexibility index (Phi) is 3.69. The number of amides is 1. The van der Waals surface area contributed by atoms with Gasteiger partial charge in [-0.05, 0) is 51.9 Å². The lowest BCUT2D eigenvalue weighted by molar-refractivity contribution is -0.152. The topological polar surface area (TPSA) is 80.5 Å². The molecule has 2 aliphatic carbocycles. The lowest BCUT2D eigenvalue weighted by Crippen LogP contribution is -2.45. The summed E-state index contributed by atoms with van der Waals surface area (Å²) in [5.74, 6) is -0.612. The van der Waals surface area contributed by atoms with Crippen molar-refractivity contribution in [2.24, 2.45) is 17.8 Å². The summed E-state index contributed by atoms with van der Waals surface area (Å²) in [6, 6.07) is 0. The van der Waals surface area contributed by atoms with Gasteiger partial charge >= 0.3 is 5.97 Å². The normalized spacial score (nSPS) is 48.7. The monoisotopic (exact) mass is 337 g/mol. The molecule has 4 rings (SSSR count). The van der Waals surface area contributed by atoms with Gasteiger partial charge in [0.15, 0.2) is 0 Å². The van der Waals surface area contributed by atoms with Crippen LogP contribution in [0.4, 0.5) is 0 Å². The molecule has 0 radical (unpaired) electrons. The third-order valence-electron chi connectivity index (χ3n) is 6.65. The van der Waals surface area contributed by atoms with E-state index in [2.05, 4.69) is 12.2 Å². The average Bonchev–Trinajstić information content (AvgIpc) is 3.42. The van der Waals surface area contributed by atoms with Crippen LogP contribution < -0.4 is 5.32 Å². The second kappa shape index (κ2) is 5.43. The Morgan fingerprint density at radius 2 is 1.83 bits per heavy atom. The lowest BCUT2D eigenvalue weighted by atomic mass is 9.74. The summed E-state index contributed by atoms with van der Waals surface area (Å²) in [4.78, 5) is 24.8. The van der Waals surface area contributed by atoms with Gasteiger partial charge in [0.05, 0.1) is 42.4 Å².